The van der Waals surface area contributed by atoms with Crippen LogP contribution in [0.4, 0.5) is 0 Å². The summed E-state index contributed by atoms with van der Waals surface area (Å²) in [5.41, 5.74) is 1.13. The molecule has 15 heavy (non-hydrogen) atoms. The lowest BCUT2D eigenvalue weighted by atomic mass is 10.3. The van der Waals surface area contributed by atoms with E-state index in [9.17, 15) is 4.79 Å². The van der Waals surface area contributed by atoms with E-state index < -0.39 is 0 Å². The van der Waals surface area contributed by atoms with Crippen molar-refractivity contribution in [3.63, 3.8) is 0 Å². The van der Waals surface area contributed by atoms with Gasteiger partial charge in [0.25, 0.3) is 5.91 Å². The van der Waals surface area contributed by atoms with Gasteiger partial charge in [0.15, 0.2) is 0 Å². The summed E-state index contributed by atoms with van der Waals surface area (Å²) in [6, 6.07) is 0. The number of carbonyl (C=O) groups is 1. The largest absolute Gasteiger partial charge is 0.341 e. The first kappa shape index (κ1) is 9.21. The van der Waals surface area contributed by atoms with Gasteiger partial charge in [0, 0.05) is 12.4 Å². The van der Waals surface area contributed by atoms with Crippen LogP contribution in [0.3, 0.4) is 0 Å². The third-order valence-corrected chi connectivity index (χ3v) is 1.92. The Balaban J connectivity index is 2.36. The summed E-state index contributed by atoms with van der Waals surface area (Å²) in [7, 11) is 0. The Morgan fingerprint density at radius 2 is 2.47 bits per heavy atom. The highest BCUT2D eigenvalue weighted by Gasteiger charge is 2.11. The van der Waals surface area contributed by atoms with E-state index in [-0.39, 0.29) is 12.5 Å². The molecule has 2 heterocycles. The van der Waals surface area contributed by atoms with E-state index in [0.29, 0.717) is 11.1 Å². The van der Waals surface area contributed by atoms with E-state index in [1.165, 1.54) is 6.20 Å². The standard InChI is InChI=1S/C10H8N4O/c1-2-3-12-10(15)8-6-13-14-5-4-11-7-9(8)14/h1,4-7H,3H2,(H,12,15). The fourth-order valence-corrected chi connectivity index (χ4v) is 1.24. The molecule has 1 N–H and O–H groups in total. The molecular weight excluding hydrogens is 192 g/mol. The van der Waals surface area contributed by atoms with E-state index in [2.05, 4.69) is 21.3 Å². The fraction of sp³-hybridized carbons (Fsp3) is 0.100. The van der Waals surface area contributed by atoms with Crippen molar-refractivity contribution >= 4 is 11.4 Å². The second-order valence-corrected chi connectivity index (χ2v) is 2.85. The SMILES string of the molecule is C#CCNC(=O)c1cnn2ccncc12. The summed E-state index contributed by atoms with van der Waals surface area (Å²) in [6.07, 6.45) is 11.4. The zero-order valence-electron chi connectivity index (χ0n) is 7.84. The number of nitrogens with zero attached hydrogens (tertiary/aromatic N) is 3. The molecule has 0 atom stereocenters. The highest BCUT2D eigenvalue weighted by molar-refractivity contribution is 6.00. The molecule has 0 radical (unpaired) electrons. The van der Waals surface area contributed by atoms with Crippen molar-refractivity contribution in [1.82, 2.24) is 19.9 Å². The van der Waals surface area contributed by atoms with Gasteiger partial charge < -0.3 is 5.32 Å². The first-order chi connectivity index (χ1) is 7.33. The Labute approximate surface area is 86.1 Å². The molecule has 0 bridgehead atoms. The van der Waals surface area contributed by atoms with Gasteiger partial charge in [0.2, 0.25) is 0 Å². The number of rotatable bonds is 2. The molecule has 74 valence electrons. The molecule has 0 saturated carbocycles. The van der Waals surface area contributed by atoms with Gasteiger partial charge in [-0.05, 0) is 0 Å². The van der Waals surface area contributed by atoms with Crippen LogP contribution in [-0.2, 0) is 0 Å². The Kier molecular flexibility index (Phi) is 2.33. The second-order valence-electron chi connectivity index (χ2n) is 2.85. The van der Waals surface area contributed by atoms with Crippen molar-refractivity contribution in [3.05, 3.63) is 30.4 Å². The maximum absolute atomic E-state index is 11.6. The molecule has 1 amide bonds. The van der Waals surface area contributed by atoms with E-state index >= 15 is 0 Å². The number of amides is 1. The minimum absolute atomic E-state index is 0.205. The van der Waals surface area contributed by atoms with Crippen molar-refractivity contribution in [3.8, 4) is 12.3 Å². The average molecular weight is 200 g/mol. The number of terminal acetylenes is 1. The molecule has 0 aliphatic carbocycles. The van der Waals surface area contributed by atoms with Gasteiger partial charge in [-0.1, -0.05) is 5.92 Å². The normalized spacial score (nSPS) is 9.80. The predicted molar refractivity (Wildman–Crippen MR) is 54.2 cm³/mol. The van der Waals surface area contributed by atoms with Crippen LogP contribution in [0.1, 0.15) is 10.4 Å². The number of hydrogen-bond donors (Lipinski definition) is 1. The van der Waals surface area contributed by atoms with Crippen LogP contribution in [0, 0.1) is 12.3 Å². The number of aromatic nitrogens is 3. The monoisotopic (exact) mass is 200 g/mol. The van der Waals surface area contributed by atoms with E-state index in [1.54, 1.807) is 23.1 Å². The Morgan fingerprint density at radius 1 is 1.60 bits per heavy atom. The lowest BCUT2D eigenvalue weighted by Crippen LogP contribution is -2.23. The summed E-state index contributed by atoms with van der Waals surface area (Å²) in [5, 5.41) is 6.58. The highest BCUT2D eigenvalue weighted by Crippen LogP contribution is 2.07. The Hall–Kier alpha value is -2.35. The van der Waals surface area contributed by atoms with Crippen LogP contribution in [0.15, 0.2) is 24.8 Å². The molecule has 0 aliphatic rings. The number of hydrogen-bond acceptors (Lipinski definition) is 3. The fourth-order valence-electron chi connectivity index (χ4n) is 1.24. The predicted octanol–water partition coefficient (Wildman–Crippen LogP) is 0.0923. The molecule has 5 nitrogen and oxygen atoms in total. The molecule has 2 rings (SSSR count). The molecule has 5 heteroatoms. The smallest absolute Gasteiger partial charge is 0.255 e. The van der Waals surface area contributed by atoms with Gasteiger partial charge in [0.05, 0.1) is 30.0 Å². The van der Waals surface area contributed by atoms with Crippen molar-refractivity contribution in [2.45, 2.75) is 0 Å². The summed E-state index contributed by atoms with van der Waals surface area (Å²) in [5.74, 6) is 2.09. The van der Waals surface area contributed by atoms with E-state index in [1.807, 2.05) is 0 Å². The number of fused-ring (bicyclic) bond motifs is 1. The van der Waals surface area contributed by atoms with Crippen LogP contribution in [0.2, 0.25) is 0 Å². The third-order valence-electron chi connectivity index (χ3n) is 1.92. The van der Waals surface area contributed by atoms with Gasteiger partial charge in [-0.3, -0.25) is 9.78 Å². The summed E-state index contributed by atoms with van der Waals surface area (Å²) >= 11 is 0. The van der Waals surface area contributed by atoms with Crippen LogP contribution >= 0.6 is 0 Å². The Bertz CT molecular complexity index is 538. The zero-order chi connectivity index (χ0) is 10.7. The van der Waals surface area contributed by atoms with Crippen LogP contribution in [0.25, 0.3) is 5.52 Å². The van der Waals surface area contributed by atoms with E-state index in [0.717, 1.165) is 0 Å². The second kappa shape index (κ2) is 3.80. The van der Waals surface area contributed by atoms with Gasteiger partial charge in [-0.25, -0.2) is 4.52 Å². The third kappa shape index (κ3) is 1.65. The summed E-state index contributed by atoms with van der Waals surface area (Å²) < 4.78 is 1.58. The maximum atomic E-state index is 11.6. The van der Waals surface area contributed by atoms with Gasteiger partial charge >= 0.3 is 0 Å². The topological polar surface area (TPSA) is 59.3 Å². The average Bonchev–Trinajstić information content (AvgIpc) is 2.69. The summed E-state index contributed by atoms with van der Waals surface area (Å²) in [4.78, 5) is 15.5. The van der Waals surface area contributed by atoms with E-state index in [4.69, 9.17) is 6.42 Å². The van der Waals surface area contributed by atoms with Crippen molar-refractivity contribution in [2.24, 2.45) is 0 Å². The highest BCUT2D eigenvalue weighted by atomic mass is 16.1. The minimum Gasteiger partial charge on any atom is -0.341 e. The molecule has 0 aliphatic heterocycles. The molecule has 2 aromatic heterocycles. The van der Waals surface area contributed by atoms with Crippen molar-refractivity contribution in [2.75, 3.05) is 6.54 Å². The van der Waals surface area contributed by atoms with Gasteiger partial charge in [0.1, 0.15) is 0 Å². The van der Waals surface area contributed by atoms with Crippen molar-refractivity contribution < 1.29 is 4.79 Å². The quantitative estimate of drug-likeness (QED) is 0.699. The molecule has 0 fully saturated rings. The first-order valence-electron chi connectivity index (χ1n) is 4.32. The summed E-state index contributed by atoms with van der Waals surface area (Å²) in [6.45, 7) is 0.205. The van der Waals surface area contributed by atoms with Crippen LogP contribution < -0.4 is 5.32 Å². The molecule has 0 unspecified atom stereocenters. The molecule has 2 aromatic rings. The molecule has 0 spiro atoms. The number of nitrogens with one attached hydrogen (secondary N) is 1. The molecular formula is C10H8N4O. The lowest BCUT2D eigenvalue weighted by molar-refractivity contribution is 0.0960. The van der Waals surface area contributed by atoms with Crippen LogP contribution in [0.5, 0.6) is 0 Å². The lowest BCUT2D eigenvalue weighted by Gasteiger charge is -1.98. The minimum atomic E-state index is -0.240. The molecule has 0 saturated heterocycles. The first-order valence-corrected chi connectivity index (χ1v) is 4.32. The van der Waals surface area contributed by atoms with Crippen molar-refractivity contribution in [1.29, 1.82) is 0 Å². The van der Waals surface area contributed by atoms with Gasteiger partial charge in [-0.2, -0.15) is 5.10 Å². The zero-order valence-corrected chi connectivity index (χ0v) is 7.84. The maximum Gasteiger partial charge on any atom is 0.255 e. The van der Waals surface area contributed by atoms with Gasteiger partial charge in [-0.15, -0.1) is 6.42 Å². The van der Waals surface area contributed by atoms with Crippen LogP contribution in [-0.4, -0.2) is 27.0 Å². The molecule has 0 aromatic carbocycles. The Morgan fingerprint density at radius 3 is 3.27 bits per heavy atom. The number of carbonyl (C=O) groups excluding carboxylic acids is 1.